The second-order valence-electron chi connectivity index (χ2n) is 5.03. The lowest BCUT2D eigenvalue weighted by Gasteiger charge is -2.36. The zero-order valence-electron chi connectivity index (χ0n) is 11.8. The van der Waals surface area contributed by atoms with E-state index < -0.39 is 0 Å². The van der Waals surface area contributed by atoms with Crippen LogP contribution in [-0.4, -0.2) is 36.1 Å². The number of piperazine rings is 1. The highest BCUT2D eigenvalue weighted by Crippen LogP contribution is 2.28. The molecule has 0 N–H and O–H groups in total. The molecule has 0 atom stereocenters. The molecule has 0 aliphatic carbocycles. The Morgan fingerprint density at radius 1 is 0.952 bits per heavy atom. The highest BCUT2D eigenvalue weighted by molar-refractivity contribution is 6.42. The van der Waals surface area contributed by atoms with Gasteiger partial charge >= 0.3 is 0 Å². The molecule has 3 rings (SSSR count). The minimum atomic E-state index is 0.593. The quantitative estimate of drug-likeness (QED) is 0.848. The van der Waals surface area contributed by atoms with Crippen molar-refractivity contribution < 1.29 is 0 Å². The maximum absolute atomic E-state index is 6.09. The van der Waals surface area contributed by atoms with E-state index in [9.17, 15) is 0 Å². The third-order valence-corrected chi connectivity index (χ3v) is 4.37. The molecule has 6 heteroatoms. The summed E-state index contributed by atoms with van der Waals surface area (Å²) in [6.45, 7) is 5.63. The Labute approximate surface area is 134 Å². The Morgan fingerprint density at radius 2 is 1.67 bits per heavy atom. The SMILES string of the molecule is Cc1nccc(N2CCN(c3ccc(Cl)c(Cl)c3)CC2)n1. The molecule has 1 aromatic heterocycles. The van der Waals surface area contributed by atoms with Crippen LogP contribution in [0.3, 0.4) is 0 Å². The topological polar surface area (TPSA) is 32.3 Å². The molecule has 1 aliphatic rings. The molecular formula is C15H16Cl2N4. The van der Waals surface area contributed by atoms with Crippen molar-refractivity contribution in [3.05, 3.63) is 46.3 Å². The Bertz CT molecular complexity index is 639. The fraction of sp³-hybridized carbons (Fsp3) is 0.333. The molecular weight excluding hydrogens is 307 g/mol. The van der Waals surface area contributed by atoms with Gasteiger partial charge in [0.1, 0.15) is 11.6 Å². The first kappa shape index (κ1) is 14.4. The predicted molar refractivity (Wildman–Crippen MR) is 87.7 cm³/mol. The molecule has 0 radical (unpaired) electrons. The van der Waals surface area contributed by atoms with Gasteiger partial charge < -0.3 is 9.80 Å². The minimum Gasteiger partial charge on any atom is -0.368 e. The summed E-state index contributed by atoms with van der Waals surface area (Å²) in [5.74, 6) is 1.80. The molecule has 0 unspecified atom stereocenters. The summed E-state index contributed by atoms with van der Waals surface area (Å²) in [6.07, 6.45) is 1.81. The lowest BCUT2D eigenvalue weighted by atomic mass is 10.2. The zero-order valence-corrected chi connectivity index (χ0v) is 13.3. The normalized spacial score (nSPS) is 15.4. The van der Waals surface area contributed by atoms with E-state index in [1.54, 1.807) is 0 Å². The van der Waals surface area contributed by atoms with Crippen LogP contribution in [0.2, 0.25) is 10.0 Å². The molecule has 1 aromatic carbocycles. The maximum atomic E-state index is 6.09. The minimum absolute atomic E-state index is 0.593. The third-order valence-electron chi connectivity index (χ3n) is 3.63. The molecule has 0 amide bonds. The molecule has 0 bridgehead atoms. The van der Waals surface area contributed by atoms with Gasteiger partial charge in [0.05, 0.1) is 10.0 Å². The van der Waals surface area contributed by atoms with Gasteiger partial charge in [-0.25, -0.2) is 9.97 Å². The van der Waals surface area contributed by atoms with Gasteiger partial charge in [-0.2, -0.15) is 0 Å². The molecule has 1 saturated heterocycles. The first-order valence-electron chi connectivity index (χ1n) is 6.88. The Morgan fingerprint density at radius 3 is 2.33 bits per heavy atom. The fourth-order valence-electron chi connectivity index (χ4n) is 2.50. The average Bonchev–Trinajstić information content (AvgIpc) is 2.50. The van der Waals surface area contributed by atoms with Crippen LogP contribution < -0.4 is 9.80 Å². The number of halogens is 2. The number of aryl methyl sites for hydroxylation is 1. The van der Waals surface area contributed by atoms with Gasteiger partial charge in [-0.15, -0.1) is 0 Å². The van der Waals surface area contributed by atoms with E-state index in [-0.39, 0.29) is 0 Å². The smallest absolute Gasteiger partial charge is 0.132 e. The number of hydrogen-bond acceptors (Lipinski definition) is 4. The van der Waals surface area contributed by atoms with Crippen LogP contribution >= 0.6 is 23.2 Å². The fourth-order valence-corrected chi connectivity index (χ4v) is 2.79. The standard InChI is InChI=1S/C15H16Cl2N4/c1-11-18-5-4-15(19-11)21-8-6-20(7-9-21)12-2-3-13(16)14(17)10-12/h2-5,10H,6-9H2,1H3. The Balaban J connectivity index is 1.68. The van der Waals surface area contributed by atoms with Gasteiger partial charge in [0.15, 0.2) is 0 Å². The average molecular weight is 323 g/mol. The molecule has 0 spiro atoms. The van der Waals surface area contributed by atoms with Crippen LogP contribution in [0.5, 0.6) is 0 Å². The Kier molecular flexibility index (Phi) is 4.17. The number of benzene rings is 1. The summed E-state index contributed by atoms with van der Waals surface area (Å²) in [5.41, 5.74) is 1.11. The van der Waals surface area contributed by atoms with Crippen LogP contribution in [0, 0.1) is 6.92 Å². The lowest BCUT2D eigenvalue weighted by molar-refractivity contribution is 0.646. The van der Waals surface area contributed by atoms with Crippen LogP contribution in [0.1, 0.15) is 5.82 Å². The molecule has 0 saturated carbocycles. The van der Waals surface area contributed by atoms with Gasteiger partial charge in [0.25, 0.3) is 0 Å². The van der Waals surface area contributed by atoms with Crippen LogP contribution in [0.15, 0.2) is 30.5 Å². The van der Waals surface area contributed by atoms with E-state index in [2.05, 4.69) is 19.8 Å². The van der Waals surface area contributed by atoms with Crippen LogP contribution in [0.4, 0.5) is 11.5 Å². The first-order valence-corrected chi connectivity index (χ1v) is 7.64. The highest BCUT2D eigenvalue weighted by Gasteiger charge is 2.19. The molecule has 2 aromatic rings. The summed E-state index contributed by atoms with van der Waals surface area (Å²) in [7, 11) is 0. The van der Waals surface area contributed by atoms with Crippen molar-refractivity contribution in [3.8, 4) is 0 Å². The molecule has 2 heterocycles. The van der Waals surface area contributed by atoms with E-state index in [1.165, 1.54) is 0 Å². The van der Waals surface area contributed by atoms with Crippen LogP contribution in [0.25, 0.3) is 0 Å². The third kappa shape index (κ3) is 3.22. The molecule has 4 nitrogen and oxygen atoms in total. The van der Waals surface area contributed by atoms with E-state index >= 15 is 0 Å². The molecule has 1 aliphatic heterocycles. The monoisotopic (exact) mass is 322 g/mol. The largest absolute Gasteiger partial charge is 0.368 e. The van der Waals surface area contributed by atoms with Crippen LogP contribution in [-0.2, 0) is 0 Å². The summed E-state index contributed by atoms with van der Waals surface area (Å²) in [4.78, 5) is 13.2. The van der Waals surface area contributed by atoms with E-state index in [4.69, 9.17) is 23.2 Å². The van der Waals surface area contributed by atoms with E-state index in [0.29, 0.717) is 10.0 Å². The predicted octanol–water partition coefficient (Wildman–Crippen LogP) is 3.42. The maximum Gasteiger partial charge on any atom is 0.132 e. The zero-order chi connectivity index (χ0) is 14.8. The van der Waals surface area contributed by atoms with Crippen molar-refractivity contribution in [3.63, 3.8) is 0 Å². The van der Waals surface area contributed by atoms with Crippen molar-refractivity contribution in [1.29, 1.82) is 0 Å². The number of rotatable bonds is 2. The van der Waals surface area contributed by atoms with E-state index in [0.717, 1.165) is 43.5 Å². The van der Waals surface area contributed by atoms with Crippen molar-refractivity contribution in [2.45, 2.75) is 6.92 Å². The van der Waals surface area contributed by atoms with Gasteiger partial charge in [-0.05, 0) is 31.2 Å². The second-order valence-corrected chi connectivity index (χ2v) is 5.85. The summed E-state index contributed by atoms with van der Waals surface area (Å²) < 4.78 is 0. The van der Waals surface area contributed by atoms with Gasteiger partial charge in [0.2, 0.25) is 0 Å². The lowest BCUT2D eigenvalue weighted by Crippen LogP contribution is -2.46. The summed E-state index contributed by atoms with van der Waals surface area (Å²) in [6, 6.07) is 7.74. The molecule has 21 heavy (non-hydrogen) atoms. The number of anilines is 2. The first-order chi connectivity index (χ1) is 10.1. The summed E-state index contributed by atoms with van der Waals surface area (Å²) >= 11 is 12.1. The van der Waals surface area contributed by atoms with Crippen molar-refractivity contribution >= 4 is 34.7 Å². The van der Waals surface area contributed by atoms with Gasteiger partial charge in [-0.3, -0.25) is 0 Å². The highest BCUT2D eigenvalue weighted by atomic mass is 35.5. The second kappa shape index (κ2) is 6.08. The van der Waals surface area contributed by atoms with Crippen molar-refractivity contribution in [1.82, 2.24) is 9.97 Å². The Hall–Kier alpha value is -1.52. The van der Waals surface area contributed by atoms with Gasteiger partial charge in [-0.1, -0.05) is 23.2 Å². The number of hydrogen-bond donors (Lipinski definition) is 0. The summed E-state index contributed by atoms with van der Waals surface area (Å²) in [5, 5.41) is 1.19. The molecule has 1 fully saturated rings. The number of aromatic nitrogens is 2. The van der Waals surface area contributed by atoms with Crippen molar-refractivity contribution in [2.24, 2.45) is 0 Å². The van der Waals surface area contributed by atoms with Gasteiger partial charge in [0, 0.05) is 38.1 Å². The molecule has 110 valence electrons. The van der Waals surface area contributed by atoms with E-state index in [1.807, 2.05) is 37.4 Å². The number of nitrogens with zero attached hydrogens (tertiary/aromatic N) is 4. The van der Waals surface area contributed by atoms with Crippen molar-refractivity contribution in [2.75, 3.05) is 36.0 Å².